The first-order valence-electron chi connectivity index (χ1n) is 8.68. The van der Waals surface area contributed by atoms with Gasteiger partial charge in [0.15, 0.2) is 0 Å². The van der Waals surface area contributed by atoms with Crippen molar-refractivity contribution in [1.82, 2.24) is 9.78 Å². The molecule has 9 heteroatoms. The van der Waals surface area contributed by atoms with E-state index in [2.05, 4.69) is 5.10 Å². The number of rotatable bonds is 7. The van der Waals surface area contributed by atoms with Gasteiger partial charge in [-0.05, 0) is 24.6 Å². The van der Waals surface area contributed by atoms with Crippen molar-refractivity contribution in [2.45, 2.75) is 13.5 Å². The third kappa shape index (κ3) is 4.49. The highest BCUT2D eigenvalue weighted by molar-refractivity contribution is 6.31. The van der Waals surface area contributed by atoms with Crippen molar-refractivity contribution >= 4 is 29.0 Å². The number of esters is 1. The maximum Gasteiger partial charge on any atom is 0.356 e. The zero-order chi connectivity index (χ0) is 21.0. The van der Waals surface area contributed by atoms with Crippen molar-refractivity contribution in [3.05, 3.63) is 92.2 Å². The van der Waals surface area contributed by atoms with Crippen molar-refractivity contribution in [2.75, 3.05) is 6.61 Å². The zero-order valence-electron chi connectivity index (χ0n) is 15.4. The molecule has 2 aromatic carbocycles. The Morgan fingerprint density at radius 3 is 2.55 bits per heavy atom. The van der Waals surface area contributed by atoms with E-state index in [1.165, 1.54) is 22.9 Å². The highest BCUT2D eigenvalue weighted by atomic mass is 35.5. The van der Waals surface area contributed by atoms with E-state index in [4.69, 9.17) is 16.3 Å². The third-order valence-corrected chi connectivity index (χ3v) is 4.31. The third-order valence-electron chi connectivity index (χ3n) is 4.07. The van der Waals surface area contributed by atoms with Gasteiger partial charge >= 0.3 is 5.97 Å². The summed E-state index contributed by atoms with van der Waals surface area (Å²) in [6, 6.07) is 14.2. The lowest BCUT2D eigenvalue weighted by atomic mass is 10.1. The fourth-order valence-electron chi connectivity index (χ4n) is 2.76. The maximum absolute atomic E-state index is 12.9. The van der Waals surface area contributed by atoms with E-state index in [0.717, 1.165) is 11.6 Å². The van der Waals surface area contributed by atoms with E-state index in [1.807, 2.05) is 30.3 Å². The summed E-state index contributed by atoms with van der Waals surface area (Å²) in [7, 11) is 0. The van der Waals surface area contributed by atoms with E-state index in [9.17, 15) is 19.7 Å². The summed E-state index contributed by atoms with van der Waals surface area (Å²) in [5, 5.41) is 15.7. The summed E-state index contributed by atoms with van der Waals surface area (Å²) in [5.41, 5.74) is 0.212. The Hall–Kier alpha value is -3.52. The lowest BCUT2D eigenvalue weighted by molar-refractivity contribution is -0.385. The van der Waals surface area contributed by atoms with Crippen molar-refractivity contribution in [3.8, 4) is 0 Å². The van der Waals surface area contributed by atoms with Crippen LogP contribution in [0, 0.1) is 10.1 Å². The molecule has 0 atom stereocenters. The van der Waals surface area contributed by atoms with Gasteiger partial charge in [0, 0.05) is 17.2 Å². The number of nitro benzene ring substituents is 1. The second kappa shape index (κ2) is 8.66. The summed E-state index contributed by atoms with van der Waals surface area (Å²) >= 11 is 5.91. The Kier molecular flexibility index (Phi) is 6.04. The van der Waals surface area contributed by atoms with Gasteiger partial charge in [0.05, 0.1) is 18.1 Å². The van der Waals surface area contributed by atoms with Crippen molar-refractivity contribution in [3.63, 3.8) is 0 Å². The lowest BCUT2D eigenvalue weighted by Gasteiger charge is -2.06. The van der Waals surface area contributed by atoms with Crippen LogP contribution in [0.1, 0.15) is 39.0 Å². The van der Waals surface area contributed by atoms with Gasteiger partial charge in [-0.25, -0.2) is 4.79 Å². The second-order valence-electron chi connectivity index (χ2n) is 6.03. The van der Waals surface area contributed by atoms with Crippen LogP contribution in [0.4, 0.5) is 5.69 Å². The molecule has 148 valence electrons. The molecule has 0 spiro atoms. The molecule has 0 aliphatic heterocycles. The molecular formula is C20H16ClN3O5. The van der Waals surface area contributed by atoms with E-state index in [1.54, 1.807) is 6.92 Å². The number of ketones is 1. The average molecular weight is 414 g/mol. The summed E-state index contributed by atoms with van der Waals surface area (Å²) in [6.07, 6.45) is 0. The number of nitro groups is 1. The molecule has 0 saturated heterocycles. The molecule has 0 fully saturated rings. The number of halogens is 1. The molecule has 0 unspecified atom stereocenters. The summed E-state index contributed by atoms with van der Waals surface area (Å²) in [4.78, 5) is 35.9. The number of benzene rings is 2. The fraction of sp³-hybridized carbons (Fsp3) is 0.150. The van der Waals surface area contributed by atoms with Gasteiger partial charge in [-0.3, -0.25) is 19.6 Å². The van der Waals surface area contributed by atoms with E-state index in [0.29, 0.717) is 0 Å². The summed E-state index contributed by atoms with van der Waals surface area (Å²) in [6.45, 7) is 2.04. The van der Waals surface area contributed by atoms with Crippen LogP contribution in [-0.2, 0) is 11.3 Å². The summed E-state index contributed by atoms with van der Waals surface area (Å²) in [5.74, 6) is -1.35. The van der Waals surface area contributed by atoms with Crippen LogP contribution in [-0.4, -0.2) is 33.1 Å². The molecule has 3 rings (SSSR count). The molecule has 0 amide bonds. The monoisotopic (exact) mass is 413 g/mol. The Balaban J connectivity index is 2.05. The van der Waals surface area contributed by atoms with Crippen LogP contribution in [0.2, 0.25) is 5.02 Å². The van der Waals surface area contributed by atoms with Gasteiger partial charge in [-0.2, -0.15) is 5.10 Å². The van der Waals surface area contributed by atoms with Crippen LogP contribution in [0.25, 0.3) is 0 Å². The first kappa shape index (κ1) is 20.2. The Morgan fingerprint density at radius 1 is 1.17 bits per heavy atom. The molecule has 1 aromatic heterocycles. The Morgan fingerprint density at radius 2 is 1.90 bits per heavy atom. The molecule has 0 radical (unpaired) electrons. The van der Waals surface area contributed by atoms with Gasteiger partial charge in [0.2, 0.25) is 5.78 Å². The number of ether oxygens (including phenoxy) is 1. The van der Waals surface area contributed by atoms with E-state index >= 15 is 0 Å². The number of carbonyl (C=O) groups is 2. The van der Waals surface area contributed by atoms with E-state index < -0.39 is 22.4 Å². The molecule has 0 aliphatic rings. The Labute approximate surface area is 170 Å². The van der Waals surface area contributed by atoms with Crippen molar-refractivity contribution in [1.29, 1.82) is 0 Å². The number of hydrogen-bond donors (Lipinski definition) is 0. The predicted molar refractivity (Wildman–Crippen MR) is 105 cm³/mol. The van der Waals surface area contributed by atoms with Crippen LogP contribution in [0.15, 0.2) is 54.6 Å². The lowest BCUT2D eigenvalue weighted by Crippen LogP contribution is -2.14. The highest BCUT2D eigenvalue weighted by Crippen LogP contribution is 2.25. The van der Waals surface area contributed by atoms with Gasteiger partial charge in [0.1, 0.15) is 17.0 Å². The van der Waals surface area contributed by atoms with Crippen molar-refractivity contribution < 1.29 is 19.2 Å². The van der Waals surface area contributed by atoms with Gasteiger partial charge in [0.25, 0.3) is 5.69 Å². The SMILES string of the molecule is CCOC(=O)c1cc(C(=O)c2cc(Cl)ccc2[N+](=O)[O-])nn1Cc1ccccc1. The highest BCUT2D eigenvalue weighted by Gasteiger charge is 2.26. The molecule has 0 bridgehead atoms. The number of nitrogens with zero attached hydrogens (tertiary/aromatic N) is 3. The van der Waals surface area contributed by atoms with Crippen LogP contribution >= 0.6 is 11.6 Å². The van der Waals surface area contributed by atoms with Gasteiger partial charge in [-0.15, -0.1) is 0 Å². The van der Waals surface area contributed by atoms with Crippen LogP contribution in [0.3, 0.4) is 0 Å². The fourth-order valence-corrected chi connectivity index (χ4v) is 2.93. The minimum Gasteiger partial charge on any atom is -0.461 e. The first-order chi connectivity index (χ1) is 13.9. The minimum absolute atomic E-state index is 0.0729. The van der Waals surface area contributed by atoms with E-state index in [-0.39, 0.29) is 35.1 Å². The number of carbonyl (C=O) groups excluding carboxylic acids is 2. The molecule has 0 saturated carbocycles. The smallest absolute Gasteiger partial charge is 0.356 e. The maximum atomic E-state index is 12.9. The summed E-state index contributed by atoms with van der Waals surface area (Å²) < 4.78 is 6.39. The minimum atomic E-state index is -0.712. The zero-order valence-corrected chi connectivity index (χ0v) is 16.1. The topological polar surface area (TPSA) is 104 Å². The molecule has 29 heavy (non-hydrogen) atoms. The number of aromatic nitrogens is 2. The molecule has 0 N–H and O–H groups in total. The normalized spacial score (nSPS) is 10.6. The molecule has 8 nitrogen and oxygen atoms in total. The van der Waals surface area contributed by atoms with Crippen molar-refractivity contribution in [2.24, 2.45) is 0 Å². The second-order valence-corrected chi connectivity index (χ2v) is 6.46. The number of hydrogen-bond acceptors (Lipinski definition) is 6. The van der Waals surface area contributed by atoms with Gasteiger partial charge < -0.3 is 4.74 Å². The quantitative estimate of drug-likeness (QED) is 0.252. The first-order valence-corrected chi connectivity index (χ1v) is 9.06. The van der Waals surface area contributed by atoms with Crippen LogP contribution < -0.4 is 0 Å². The van der Waals surface area contributed by atoms with Gasteiger partial charge in [-0.1, -0.05) is 41.9 Å². The predicted octanol–water partition coefficient (Wildman–Crippen LogP) is 3.90. The molecule has 1 heterocycles. The standard InChI is InChI=1S/C20H16ClN3O5/c1-2-29-20(26)18-11-16(22-23(18)12-13-6-4-3-5-7-13)19(25)15-10-14(21)8-9-17(15)24(27)28/h3-11H,2,12H2,1H3. The van der Waals surface area contributed by atoms with Crippen LogP contribution in [0.5, 0.6) is 0 Å². The average Bonchev–Trinajstić information content (AvgIpc) is 3.12. The largest absolute Gasteiger partial charge is 0.461 e. The Bertz CT molecular complexity index is 1080. The molecule has 0 aliphatic carbocycles. The molecular weight excluding hydrogens is 398 g/mol. The molecule has 3 aromatic rings.